The lowest BCUT2D eigenvalue weighted by molar-refractivity contribution is 0.180. The van der Waals surface area contributed by atoms with Crippen molar-refractivity contribution in [3.8, 4) is 0 Å². The van der Waals surface area contributed by atoms with Crippen molar-refractivity contribution in [2.24, 2.45) is 4.99 Å². The summed E-state index contributed by atoms with van der Waals surface area (Å²) in [5.74, 6) is 0.714. The number of nitrogens with zero attached hydrogens (tertiary/aromatic N) is 3. The van der Waals surface area contributed by atoms with Gasteiger partial charge >= 0.3 is 0 Å². The van der Waals surface area contributed by atoms with Crippen molar-refractivity contribution in [2.45, 2.75) is 37.8 Å². The van der Waals surface area contributed by atoms with Crippen LogP contribution in [0.15, 0.2) is 34.2 Å². The molecule has 0 aromatic heterocycles. The molecule has 0 radical (unpaired) electrons. The van der Waals surface area contributed by atoms with Gasteiger partial charge in [-0.3, -0.25) is 4.99 Å². The van der Waals surface area contributed by atoms with Crippen LogP contribution in [-0.2, 0) is 21.3 Å². The molecule has 1 aromatic rings. The SMILES string of the molecule is CN=C(NCCN(C)CCCOC)NCc1ccc(S(=O)(=O)N(C)C(C)C)cc1.I. The summed E-state index contributed by atoms with van der Waals surface area (Å²) in [6.45, 7) is 7.71. The van der Waals surface area contributed by atoms with Gasteiger partial charge in [0.2, 0.25) is 10.0 Å². The molecule has 0 saturated heterocycles. The number of aliphatic imine (C=N–C) groups is 1. The molecular weight excluding hydrogens is 517 g/mol. The Morgan fingerprint density at radius 3 is 2.30 bits per heavy atom. The molecule has 0 aliphatic rings. The summed E-state index contributed by atoms with van der Waals surface area (Å²) >= 11 is 0. The molecule has 0 fully saturated rings. The molecule has 1 aromatic carbocycles. The molecule has 0 aliphatic carbocycles. The van der Waals surface area contributed by atoms with Gasteiger partial charge in [0, 0.05) is 60.0 Å². The van der Waals surface area contributed by atoms with Crippen molar-refractivity contribution in [1.29, 1.82) is 0 Å². The van der Waals surface area contributed by atoms with Gasteiger partial charge in [0.25, 0.3) is 0 Å². The van der Waals surface area contributed by atoms with Crippen LogP contribution in [0.1, 0.15) is 25.8 Å². The van der Waals surface area contributed by atoms with Crippen molar-refractivity contribution >= 4 is 40.0 Å². The summed E-state index contributed by atoms with van der Waals surface area (Å²) in [7, 11) is 3.67. The summed E-state index contributed by atoms with van der Waals surface area (Å²) in [6.07, 6.45) is 1.01. The van der Waals surface area contributed by atoms with Crippen molar-refractivity contribution in [2.75, 3.05) is 54.5 Å². The second kappa shape index (κ2) is 15.0. The highest BCUT2D eigenvalue weighted by atomic mass is 127. The Labute approximate surface area is 199 Å². The van der Waals surface area contributed by atoms with E-state index in [-0.39, 0.29) is 30.0 Å². The van der Waals surface area contributed by atoms with Crippen LogP contribution in [0.4, 0.5) is 0 Å². The second-order valence-corrected chi connectivity index (χ2v) is 9.26. The molecule has 0 unspecified atom stereocenters. The van der Waals surface area contributed by atoms with Crippen LogP contribution in [0.25, 0.3) is 0 Å². The first-order valence-electron chi connectivity index (χ1n) is 9.91. The molecular formula is C20H38IN5O3S. The zero-order valence-corrected chi connectivity index (χ0v) is 22.2. The number of likely N-dealkylation sites (N-methyl/N-ethyl adjacent to an activating group) is 1. The predicted molar refractivity (Wildman–Crippen MR) is 134 cm³/mol. The van der Waals surface area contributed by atoms with Crippen LogP contribution < -0.4 is 10.6 Å². The predicted octanol–water partition coefficient (Wildman–Crippen LogP) is 1.97. The Morgan fingerprint density at radius 1 is 1.13 bits per heavy atom. The van der Waals surface area contributed by atoms with Crippen molar-refractivity contribution in [1.82, 2.24) is 19.8 Å². The van der Waals surface area contributed by atoms with Gasteiger partial charge in [-0.25, -0.2) is 8.42 Å². The van der Waals surface area contributed by atoms with Gasteiger partial charge in [-0.05, 0) is 45.0 Å². The molecule has 8 nitrogen and oxygen atoms in total. The van der Waals surface area contributed by atoms with Crippen LogP contribution in [0.3, 0.4) is 0 Å². The van der Waals surface area contributed by atoms with Gasteiger partial charge in [-0.1, -0.05) is 12.1 Å². The molecule has 0 amide bonds. The number of hydrogen-bond acceptors (Lipinski definition) is 5. The molecule has 0 spiro atoms. The number of guanidine groups is 1. The highest BCUT2D eigenvalue weighted by molar-refractivity contribution is 14.0. The van der Waals surface area contributed by atoms with E-state index in [4.69, 9.17) is 4.74 Å². The Hall–Kier alpha value is -0.950. The Balaban J connectivity index is 0.00000841. The lowest BCUT2D eigenvalue weighted by atomic mass is 10.2. The van der Waals surface area contributed by atoms with Gasteiger partial charge < -0.3 is 20.3 Å². The molecule has 0 heterocycles. The van der Waals surface area contributed by atoms with E-state index in [1.165, 1.54) is 4.31 Å². The zero-order chi connectivity index (χ0) is 21.9. The fourth-order valence-corrected chi connectivity index (χ4v) is 3.95. The number of halogens is 1. The van der Waals surface area contributed by atoms with E-state index in [0.29, 0.717) is 17.4 Å². The lowest BCUT2D eigenvalue weighted by Gasteiger charge is -2.21. The molecule has 0 saturated carbocycles. The molecule has 0 bridgehead atoms. The van der Waals surface area contributed by atoms with E-state index in [1.807, 2.05) is 26.0 Å². The number of ether oxygens (including phenoxy) is 1. The van der Waals surface area contributed by atoms with E-state index >= 15 is 0 Å². The van der Waals surface area contributed by atoms with E-state index in [9.17, 15) is 8.42 Å². The lowest BCUT2D eigenvalue weighted by Crippen LogP contribution is -2.40. The average molecular weight is 556 g/mol. The molecule has 1 rings (SSSR count). The Kier molecular flexibility index (Phi) is 14.5. The van der Waals surface area contributed by atoms with Crippen LogP contribution >= 0.6 is 24.0 Å². The summed E-state index contributed by atoms with van der Waals surface area (Å²) in [5.41, 5.74) is 0.982. The maximum atomic E-state index is 12.5. The zero-order valence-electron chi connectivity index (χ0n) is 19.0. The number of methoxy groups -OCH3 is 1. The highest BCUT2D eigenvalue weighted by Gasteiger charge is 2.22. The molecule has 0 atom stereocenters. The average Bonchev–Trinajstić information content (AvgIpc) is 2.70. The van der Waals surface area contributed by atoms with Crippen molar-refractivity contribution in [3.05, 3.63) is 29.8 Å². The number of benzene rings is 1. The van der Waals surface area contributed by atoms with Gasteiger partial charge in [-0.2, -0.15) is 4.31 Å². The third-order valence-electron chi connectivity index (χ3n) is 4.69. The Bertz CT molecular complexity index is 726. The van der Waals surface area contributed by atoms with Gasteiger partial charge in [0.15, 0.2) is 5.96 Å². The monoisotopic (exact) mass is 555 g/mol. The third-order valence-corrected chi connectivity index (χ3v) is 6.73. The largest absolute Gasteiger partial charge is 0.385 e. The molecule has 2 N–H and O–H groups in total. The van der Waals surface area contributed by atoms with Crippen molar-refractivity contribution in [3.63, 3.8) is 0 Å². The fourth-order valence-electron chi connectivity index (χ4n) is 2.59. The maximum absolute atomic E-state index is 12.5. The van der Waals surface area contributed by atoms with Crippen LogP contribution in [0.2, 0.25) is 0 Å². The van der Waals surface area contributed by atoms with Crippen molar-refractivity contribution < 1.29 is 13.2 Å². The molecule has 30 heavy (non-hydrogen) atoms. The van der Waals surface area contributed by atoms with E-state index < -0.39 is 10.0 Å². The summed E-state index contributed by atoms with van der Waals surface area (Å²) in [4.78, 5) is 6.77. The first kappa shape index (κ1) is 29.1. The maximum Gasteiger partial charge on any atom is 0.243 e. The first-order chi connectivity index (χ1) is 13.7. The van der Waals surface area contributed by atoms with Gasteiger partial charge in [-0.15, -0.1) is 24.0 Å². The molecule has 0 aliphatic heterocycles. The minimum Gasteiger partial charge on any atom is -0.385 e. The van der Waals surface area contributed by atoms with Gasteiger partial charge in [0.1, 0.15) is 0 Å². The normalized spacial score (nSPS) is 12.4. The van der Waals surface area contributed by atoms with E-state index in [0.717, 1.165) is 38.2 Å². The summed E-state index contributed by atoms with van der Waals surface area (Å²) < 4.78 is 31.5. The van der Waals surface area contributed by atoms with Gasteiger partial charge in [0.05, 0.1) is 4.90 Å². The molecule has 174 valence electrons. The van der Waals surface area contributed by atoms with Crippen LogP contribution in [0.5, 0.6) is 0 Å². The standard InChI is InChI=1S/C20H37N5O3S.HI/c1-17(2)25(5)29(26,27)19-10-8-18(9-11-19)16-23-20(21-3)22-12-14-24(4)13-7-15-28-6;/h8-11,17H,7,12-16H2,1-6H3,(H2,21,22,23);1H. The smallest absolute Gasteiger partial charge is 0.243 e. The fraction of sp³-hybridized carbons (Fsp3) is 0.650. The number of hydrogen-bond donors (Lipinski definition) is 2. The Morgan fingerprint density at radius 2 is 1.77 bits per heavy atom. The number of rotatable bonds is 12. The topological polar surface area (TPSA) is 86.3 Å². The van der Waals surface area contributed by atoms with Crippen LogP contribution in [0, 0.1) is 0 Å². The first-order valence-corrected chi connectivity index (χ1v) is 11.3. The third kappa shape index (κ3) is 9.90. The summed E-state index contributed by atoms with van der Waals surface area (Å²) in [6, 6.07) is 6.86. The number of sulfonamides is 1. The molecule has 10 heteroatoms. The minimum absolute atomic E-state index is 0. The van der Waals surface area contributed by atoms with E-state index in [1.54, 1.807) is 33.3 Å². The second-order valence-electron chi connectivity index (χ2n) is 7.26. The quantitative estimate of drug-likeness (QED) is 0.178. The minimum atomic E-state index is -3.46. The van der Waals surface area contributed by atoms with E-state index in [2.05, 4.69) is 27.6 Å². The highest BCUT2D eigenvalue weighted by Crippen LogP contribution is 2.17. The van der Waals surface area contributed by atoms with Crippen LogP contribution in [-0.4, -0.2) is 84.1 Å². The number of nitrogens with one attached hydrogen (secondary N) is 2. The summed E-state index contributed by atoms with van der Waals surface area (Å²) in [5, 5.41) is 6.54.